The molecule has 15 heavy (non-hydrogen) atoms. The lowest BCUT2D eigenvalue weighted by Crippen LogP contribution is -2.09. The van der Waals surface area contributed by atoms with Gasteiger partial charge in [-0.2, -0.15) is 0 Å². The van der Waals surface area contributed by atoms with E-state index in [1.807, 2.05) is 0 Å². The lowest BCUT2D eigenvalue weighted by atomic mass is 10.1. The van der Waals surface area contributed by atoms with Gasteiger partial charge in [0.25, 0.3) is 5.24 Å². The van der Waals surface area contributed by atoms with Crippen molar-refractivity contribution in [2.75, 3.05) is 7.11 Å². The fourth-order valence-electron chi connectivity index (χ4n) is 0.984. The molecule has 0 saturated heterocycles. The van der Waals surface area contributed by atoms with Crippen LogP contribution in [0, 0.1) is 11.6 Å². The van der Waals surface area contributed by atoms with E-state index < -0.39 is 28.4 Å². The Kier molecular flexibility index (Phi) is 3.36. The highest BCUT2D eigenvalue weighted by atomic mass is 35.5. The molecule has 0 heterocycles. The molecule has 0 radical (unpaired) electrons. The van der Waals surface area contributed by atoms with E-state index >= 15 is 0 Å². The average molecular weight is 235 g/mol. The fourth-order valence-corrected chi connectivity index (χ4v) is 1.09. The van der Waals surface area contributed by atoms with E-state index in [0.717, 1.165) is 7.11 Å². The molecule has 0 aromatic heterocycles. The Morgan fingerprint density at radius 2 is 1.73 bits per heavy atom. The van der Waals surface area contributed by atoms with Gasteiger partial charge in [-0.25, -0.2) is 13.6 Å². The van der Waals surface area contributed by atoms with Gasteiger partial charge in [0.2, 0.25) is 0 Å². The molecule has 0 saturated carbocycles. The van der Waals surface area contributed by atoms with Gasteiger partial charge in [-0.05, 0) is 23.7 Å². The van der Waals surface area contributed by atoms with E-state index in [1.54, 1.807) is 0 Å². The van der Waals surface area contributed by atoms with Gasteiger partial charge in [0.05, 0.1) is 7.11 Å². The van der Waals surface area contributed by atoms with Gasteiger partial charge in [-0.15, -0.1) is 0 Å². The highest BCUT2D eigenvalue weighted by Gasteiger charge is 2.20. The molecule has 0 unspecified atom stereocenters. The number of halogens is 3. The molecule has 1 rings (SSSR count). The van der Waals surface area contributed by atoms with Crippen molar-refractivity contribution < 1.29 is 23.1 Å². The molecule has 0 atom stereocenters. The van der Waals surface area contributed by atoms with E-state index in [-0.39, 0.29) is 5.56 Å². The first-order chi connectivity index (χ1) is 6.97. The summed E-state index contributed by atoms with van der Waals surface area (Å²) >= 11 is 5.02. The molecule has 1 aromatic rings. The second-order valence-electron chi connectivity index (χ2n) is 2.58. The lowest BCUT2D eigenvalue weighted by Gasteiger charge is -2.03. The number of esters is 1. The first-order valence-corrected chi connectivity index (χ1v) is 4.12. The van der Waals surface area contributed by atoms with Crippen molar-refractivity contribution in [1.82, 2.24) is 0 Å². The molecule has 80 valence electrons. The van der Waals surface area contributed by atoms with Crippen LogP contribution in [-0.2, 0) is 4.74 Å². The first kappa shape index (κ1) is 11.6. The number of carbonyl (C=O) groups excluding carboxylic acids is 2. The van der Waals surface area contributed by atoms with Crippen LogP contribution in [0.5, 0.6) is 0 Å². The van der Waals surface area contributed by atoms with Crippen LogP contribution in [0.3, 0.4) is 0 Å². The normalized spacial score (nSPS) is 9.87. The molecule has 0 fully saturated rings. The van der Waals surface area contributed by atoms with Crippen LogP contribution in [0.15, 0.2) is 12.1 Å². The van der Waals surface area contributed by atoms with Crippen LogP contribution in [0.2, 0.25) is 0 Å². The van der Waals surface area contributed by atoms with Gasteiger partial charge >= 0.3 is 5.97 Å². The third kappa shape index (κ3) is 2.30. The van der Waals surface area contributed by atoms with Gasteiger partial charge in [0.1, 0.15) is 17.2 Å². The second kappa shape index (κ2) is 4.35. The second-order valence-corrected chi connectivity index (χ2v) is 2.92. The maximum Gasteiger partial charge on any atom is 0.343 e. The van der Waals surface area contributed by atoms with Crippen molar-refractivity contribution in [3.63, 3.8) is 0 Å². The molecule has 3 nitrogen and oxygen atoms in total. The summed E-state index contributed by atoms with van der Waals surface area (Å²) in [7, 11) is 0.988. The zero-order chi connectivity index (χ0) is 11.6. The number of benzene rings is 1. The molecule has 0 amide bonds. The molecular formula is C9H5ClF2O3. The highest BCUT2D eigenvalue weighted by Crippen LogP contribution is 2.17. The maximum atomic E-state index is 13.2. The SMILES string of the molecule is COC(=O)c1c(F)cc(C(=O)Cl)cc1F. The van der Waals surface area contributed by atoms with Gasteiger partial charge in [-0.1, -0.05) is 0 Å². The number of carbonyl (C=O) groups is 2. The Hall–Kier alpha value is -1.49. The minimum atomic E-state index is -1.19. The molecule has 0 bridgehead atoms. The smallest absolute Gasteiger partial charge is 0.343 e. The van der Waals surface area contributed by atoms with Crippen LogP contribution in [0.4, 0.5) is 8.78 Å². The Morgan fingerprint density at radius 3 is 2.07 bits per heavy atom. The summed E-state index contributed by atoms with van der Waals surface area (Å²) in [6.45, 7) is 0. The van der Waals surface area contributed by atoms with Gasteiger partial charge in [-0.3, -0.25) is 4.79 Å². The molecule has 0 aliphatic rings. The number of hydrogen-bond donors (Lipinski definition) is 0. The molecule has 6 heteroatoms. The molecule has 0 spiro atoms. The molecule has 0 aliphatic heterocycles. The molecule has 0 aliphatic carbocycles. The summed E-state index contributed by atoms with van der Waals surface area (Å²) in [5.74, 6) is -3.53. The Morgan fingerprint density at radius 1 is 1.27 bits per heavy atom. The zero-order valence-corrected chi connectivity index (χ0v) is 8.27. The fraction of sp³-hybridized carbons (Fsp3) is 0.111. The van der Waals surface area contributed by atoms with Crippen LogP contribution in [0.1, 0.15) is 20.7 Å². The predicted octanol–water partition coefficient (Wildman–Crippen LogP) is 2.13. The standard InChI is InChI=1S/C9H5ClF2O3/c1-15-9(14)7-5(11)2-4(8(10)13)3-6(7)12/h2-3H,1H3. The third-order valence-corrected chi connectivity index (χ3v) is 1.88. The molecule has 1 aromatic carbocycles. The number of ether oxygens (including phenoxy) is 1. The summed E-state index contributed by atoms with van der Waals surface area (Å²) in [4.78, 5) is 21.5. The summed E-state index contributed by atoms with van der Waals surface area (Å²) < 4.78 is 30.5. The van der Waals surface area contributed by atoms with E-state index in [2.05, 4.69) is 4.74 Å². The van der Waals surface area contributed by atoms with E-state index in [1.165, 1.54) is 0 Å². The summed E-state index contributed by atoms with van der Waals surface area (Å²) in [6, 6.07) is 1.34. The van der Waals surface area contributed by atoms with Crippen LogP contribution in [-0.4, -0.2) is 18.3 Å². The van der Waals surface area contributed by atoms with Crippen molar-refractivity contribution in [2.24, 2.45) is 0 Å². The van der Waals surface area contributed by atoms with E-state index in [9.17, 15) is 18.4 Å². The largest absolute Gasteiger partial charge is 0.465 e. The Bertz CT molecular complexity index is 408. The monoisotopic (exact) mass is 234 g/mol. The minimum absolute atomic E-state index is 0.362. The van der Waals surface area contributed by atoms with Gasteiger partial charge in [0, 0.05) is 5.56 Å². The quantitative estimate of drug-likeness (QED) is 0.582. The minimum Gasteiger partial charge on any atom is -0.465 e. The van der Waals surface area contributed by atoms with Gasteiger partial charge < -0.3 is 4.74 Å². The third-order valence-electron chi connectivity index (χ3n) is 1.66. The number of hydrogen-bond acceptors (Lipinski definition) is 3. The maximum absolute atomic E-state index is 13.2. The van der Waals surface area contributed by atoms with Crippen LogP contribution >= 0.6 is 11.6 Å². The van der Waals surface area contributed by atoms with Crippen molar-refractivity contribution in [3.05, 3.63) is 34.9 Å². The van der Waals surface area contributed by atoms with Crippen molar-refractivity contribution >= 4 is 22.8 Å². The molecular weight excluding hydrogens is 230 g/mol. The predicted molar refractivity (Wildman–Crippen MR) is 47.9 cm³/mol. The Labute approximate surface area is 88.6 Å². The first-order valence-electron chi connectivity index (χ1n) is 3.74. The lowest BCUT2D eigenvalue weighted by molar-refractivity contribution is 0.0589. The highest BCUT2D eigenvalue weighted by molar-refractivity contribution is 6.67. The summed E-state index contributed by atoms with van der Waals surface area (Å²) in [5.41, 5.74) is -1.21. The average Bonchev–Trinajstić information content (AvgIpc) is 2.16. The van der Waals surface area contributed by atoms with Gasteiger partial charge in [0.15, 0.2) is 0 Å². The Balaban J connectivity index is 3.33. The zero-order valence-electron chi connectivity index (χ0n) is 7.51. The number of methoxy groups -OCH3 is 1. The van der Waals surface area contributed by atoms with E-state index in [0.29, 0.717) is 12.1 Å². The van der Waals surface area contributed by atoms with Crippen LogP contribution < -0.4 is 0 Å². The summed E-state index contributed by atoms with van der Waals surface area (Å²) in [5, 5.41) is -1.01. The topological polar surface area (TPSA) is 43.4 Å². The van der Waals surface area contributed by atoms with Crippen molar-refractivity contribution in [3.8, 4) is 0 Å². The summed E-state index contributed by atoms with van der Waals surface area (Å²) in [6.07, 6.45) is 0. The van der Waals surface area contributed by atoms with Crippen molar-refractivity contribution in [1.29, 1.82) is 0 Å². The molecule has 0 N–H and O–H groups in total. The van der Waals surface area contributed by atoms with Crippen molar-refractivity contribution in [2.45, 2.75) is 0 Å². The van der Waals surface area contributed by atoms with Crippen LogP contribution in [0.25, 0.3) is 0 Å². The van der Waals surface area contributed by atoms with E-state index in [4.69, 9.17) is 11.6 Å². The number of rotatable bonds is 2.